The number of unbranched alkanes of at least 4 members (excludes halogenated alkanes) is 2. The third-order valence-corrected chi connectivity index (χ3v) is 2.77. The zero-order chi connectivity index (χ0) is 8.36. The Morgan fingerprint density at radius 3 is 2.64 bits per heavy atom. The Balaban J connectivity index is 2.79. The third kappa shape index (κ3) is 10.1. The summed E-state index contributed by atoms with van der Waals surface area (Å²) in [6.45, 7) is 4.33. The largest absolute Gasteiger partial charge is 0.162 e. The first-order chi connectivity index (χ1) is 5.41. The fourth-order valence-electron chi connectivity index (χ4n) is 0.879. The van der Waals surface area contributed by atoms with E-state index in [0.717, 1.165) is 0 Å². The van der Waals surface area contributed by atoms with Crippen LogP contribution in [0.3, 0.4) is 0 Å². The molecule has 0 bridgehead atoms. The minimum atomic E-state index is 1.27. The molecule has 0 aliphatic rings. The molecule has 0 N–H and O–H groups in total. The van der Waals surface area contributed by atoms with Gasteiger partial charge >= 0.3 is 0 Å². The molecule has 0 aromatic heterocycles. The maximum atomic E-state index is 2.25. The SMILES string of the molecule is C/C=C/CCCCSCCC. The first kappa shape index (κ1) is 11.1. The zero-order valence-corrected chi connectivity index (χ0v) is 8.62. The quantitative estimate of drug-likeness (QED) is 0.415. The summed E-state index contributed by atoms with van der Waals surface area (Å²) in [4.78, 5) is 0. The molecule has 0 saturated heterocycles. The Kier molecular flexibility index (Phi) is 10.2. The van der Waals surface area contributed by atoms with E-state index in [2.05, 4.69) is 37.8 Å². The van der Waals surface area contributed by atoms with Crippen molar-refractivity contribution in [3.63, 3.8) is 0 Å². The van der Waals surface area contributed by atoms with Gasteiger partial charge in [0.1, 0.15) is 0 Å². The Bertz CT molecular complexity index is 86.9. The minimum absolute atomic E-state index is 1.27. The van der Waals surface area contributed by atoms with Crippen LogP contribution in [0.25, 0.3) is 0 Å². The van der Waals surface area contributed by atoms with Crippen LogP contribution in [0, 0.1) is 0 Å². The first-order valence-electron chi connectivity index (χ1n) is 4.60. The lowest BCUT2D eigenvalue weighted by Crippen LogP contribution is -1.81. The molecule has 0 atom stereocenters. The molecule has 0 heterocycles. The van der Waals surface area contributed by atoms with Crippen molar-refractivity contribution in [2.75, 3.05) is 11.5 Å². The van der Waals surface area contributed by atoms with Crippen LogP contribution in [-0.2, 0) is 0 Å². The van der Waals surface area contributed by atoms with Crippen LogP contribution >= 0.6 is 11.8 Å². The summed E-state index contributed by atoms with van der Waals surface area (Å²) in [6.07, 6.45) is 9.72. The van der Waals surface area contributed by atoms with Crippen molar-refractivity contribution in [2.45, 2.75) is 39.5 Å². The molecule has 66 valence electrons. The Hall–Kier alpha value is 0.0900. The molecule has 11 heavy (non-hydrogen) atoms. The van der Waals surface area contributed by atoms with Gasteiger partial charge in [0.25, 0.3) is 0 Å². The van der Waals surface area contributed by atoms with Gasteiger partial charge in [-0.05, 0) is 44.1 Å². The molecule has 1 heteroatoms. The van der Waals surface area contributed by atoms with Gasteiger partial charge in [-0.25, -0.2) is 0 Å². The van der Waals surface area contributed by atoms with Crippen molar-refractivity contribution in [1.29, 1.82) is 0 Å². The van der Waals surface area contributed by atoms with Gasteiger partial charge in [-0.3, -0.25) is 0 Å². The summed E-state index contributed by atoms with van der Waals surface area (Å²) < 4.78 is 0. The third-order valence-electron chi connectivity index (χ3n) is 1.49. The summed E-state index contributed by atoms with van der Waals surface area (Å²) in [5.74, 6) is 2.69. The van der Waals surface area contributed by atoms with E-state index in [-0.39, 0.29) is 0 Å². The van der Waals surface area contributed by atoms with Crippen LogP contribution in [0.4, 0.5) is 0 Å². The van der Waals surface area contributed by atoms with Crippen LogP contribution in [0.2, 0.25) is 0 Å². The Morgan fingerprint density at radius 1 is 1.18 bits per heavy atom. The average molecular weight is 172 g/mol. The molecule has 0 aromatic carbocycles. The zero-order valence-electron chi connectivity index (χ0n) is 7.81. The van der Waals surface area contributed by atoms with Crippen molar-refractivity contribution < 1.29 is 0 Å². The van der Waals surface area contributed by atoms with Crippen molar-refractivity contribution in [3.8, 4) is 0 Å². The molecule has 0 unspecified atom stereocenters. The molecule has 0 aromatic rings. The number of rotatable bonds is 7. The van der Waals surface area contributed by atoms with E-state index in [0.29, 0.717) is 0 Å². The maximum absolute atomic E-state index is 2.25. The van der Waals surface area contributed by atoms with Gasteiger partial charge in [0, 0.05) is 0 Å². The highest BCUT2D eigenvalue weighted by molar-refractivity contribution is 7.99. The van der Waals surface area contributed by atoms with E-state index in [9.17, 15) is 0 Å². The lowest BCUT2D eigenvalue weighted by atomic mass is 10.2. The van der Waals surface area contributed by atoms with Crippen LogP contribution in [0.1, 0.15) is 39.5 Å². The van der Waals surface area contributed by atoms with Gasteiger partial charge in [-0.15, -0.1) is 0 Å². The maximum Gasteiger partial charge on any atom is -0.00674 e. The van der Waals surface area contributed by atoms with Crippen LogP contribution in [0.5, 0.6) is 0 Å². The van der Waals surface area contributed by atoms with E-state index < -0.39 is 0 Å². The van der Waals surface area contributed by atoms with Crippen molar-refractivity contribution in [2.24, 2.45) is 0 Å². The van der Waals surface area contributed by atoms with Crippen LogP contribution in [0.15, 0.2) is 12.2 Å². The van der Waals surface area contributed by atoms with Gasteiger partial charge in [0.2, 0.25) is 0 Å². The predicted octanol–water partition coefficient (Wildman–Crippen LogP) is 3.88. The van der Waals surface area contributed by atoms with Gasteiger partial charge in [0.15, 0.2) is 0 Å². The fourth-order valence-corrected chi connectivity index (χ4v) is 1.78. The Labute approximate surface area is 75.5 Å². The predicted molar refractivity (Wildman–Crippen MR) is 56.3 cm³/mol. The minimum Gasteiger partial charge on any atom is -0.162 e. The normalized spacial score (nSPS) is 11.1. The number of hydrogen-bond acceptors (Lipinski definition) is 1. The highest BCUT2D eigenvalue weighted by atomic mass is 32.2. The Morgan fingerprint density at radius 2 is 2.00 bits per heavy atom. The molecule has 0 nitrogen and oxygen atoms in total. The summed E-state index contributed by atoms with van der Waals surface area (Å²) in [6, 6.07) is 0. The average Bonchev–Trinajstić information content (AvgIpc) is 2.03. The lowest BCUT2D eigenvalue weighted by molar-refractivity contribution is 0.822. The molecule has 0 rings (SSSR count). The first-order valence-corrected chi connectivity index (χ1v) is 5.76. The molecular weight excluding hydrogens is 152 g/mol. The second-order valence-corrected chi connectivity index (χ2v) is 3.90. The second kappa shape index (κ2) is 10.1. The van der Waals surface area contributed by atoms with Crippen LogP contribution in [-0.4, -0.2) is 11.5 Å². The number of allylic oxidation sites excluding steroid dienone is 2. The molecule has 0 fully saturated rings. The molecule has 0 aliphatic carbocycles. The lowest BCUT2D eigenvalue weighted by Gasteiger charge is -1.97. The van der Waals surface area contributed by atoms with E-state index in [4.69, 9.17) is 0 Å². The van der Waals surface area contributed by atoms with E-state index >= 15 is 0 Å². The van der Waals surface area contributed by atoms with Gasteiger partial charge in [0.05, 0.1) is 0 Å². The molecule has 0 radical (unpaired) electrons. The summed E-state index contributed by atoms with van der Waals surface area (Å²) in [5, 5.41) is 0. The van der Waals surface area contributed by atoms with Gasteiger partial charge in [-0.1, -0.05) is 19.1 Å². The standard InChI is InChI=1S/C10H20S/c1-3-5-6-7-8-10-11-9-4-2/h3,5H,4,6-10H2,1-2H3/b5-3+. The van der Waals surface area contributed by atoms with Crippen molar-refractivity contribution in [3.05, 3.63) is 12.2 Å². The fraction of sp³-hybridized carbons (Fsp3) is 0.800. The molecule has 0 saturated carbocycles. The smallest absolute Gasteiger partial charge is 0.00674 e. The number of hydrogen-bond donors (Lipinski definition) is 0. The van der Waals surface area contributed by atoms with Crippen molar-refractivity contribution in [1.82, 2.24) is 0 Å². The van der Waals surface area contributed by atoms with E-state index in [1.165, 1.54) is 37.2 Å². The monoisotopic (exact) mass is 172 g/mol. The molecule has 0 spiro atoms. The summed E-state index contributed by atoms with van der Waals surface area (Å²) >= 11 is 2.09. The topological polar surface area (TPSA) is 0 Å². The summed E-state index contributed by atoms with van der Waals surface area (Å²) in [5.41, 5.74) is 0. The molecule has 0 amide bonds. The summed E-state index contributed by atoms with van der Waals surface area (Å²) in [7, 11) is 0. The highest BCUT2D eigenvalue weighted by Gasteiger charge is 1.86. The van der Waals surface area contributed by atoms with E-state index in [1.807, 2.05) is 0 Å². The molecule has 0 aliphatic heterocycles. The molecular formula is C10H20S. The van der Waals surface area contributed by atoms with Gasteiger partial charge in [-0.2, -0.15) is 11.8 Å². The second-order valence-electron chi connectivity index (χ2n) is 2.68. The van der Waals surface area contributed by atoms with E-state index in [1.54, 1.807) is 0 Å². The van der Waals surface area contributed by atoms with Gasteiger partial charge < -0.3 is 0 Å². The number of thioether (sulfide) groups is 1. The highest BCUT2D eigenvalue weighted by Crippen LogP contribution is 2.07. The van der Waals surface area contributed by atoms with Crippen LogP contribution < -0.4 is 0 Å². The van der Waals surface area contributed by atoms with Crippen molar-refractivity contribution >= 4 is 11.8 Å².